The van der Waals surface area contributed by atoms with Crippen molar-refractivity contribution in [1.29, 1.82) is 0 Å². The zero-order chi connectivity index (χ0) is 31.7. The van der Waals surface area contributed by atoms with E-state index in [4.69, 9.17) is 32.7 Å². The molecule has 14 heteroatoms. The third-order valence-corrected chi connectivity index (χ3v) is 8.07. The summed E-state index contributed by atoms with van der Waals surface area (Å²) in [6, 6.07) is 9.31. The largest absolute Gasteiger partial charge is 0.463 e. The number of carbonyl (C=O) groups is 1. The third-order valence-electron chi connectivity index (χ3n) is 6.20. The van der Waals surface area contributed by atoms with E-state index in [0.717, 1.165) is 0 Å². The summed E-state index contributed by atoms with van der Waals surface area (Å²) in [5.41, 5.74) is 9.84. The Balaban J connectivity index is 1.71. The first kappa shape index (κ1) is 27.5. The van der Waals surface area contributed by atoms with E-state index in [2.05, 4.69) is 21.8 Å². The van der Waals surface area contributed by atoms with Crippen molar-refractivity contribution < 1.29 is 35.7 Å². The number of benzene rings is 1. The molecule has 0 amide bonds. The molecule has 4 rings (SSSR count). The number of carbonyl (C=O) groups excluding carboxylic acids is 1. The normalized spacial score (nSPS) is 25.5. The van der Waals surface area contributed by atoms with Crippen LogP contribution >= 0.6 is 7.60 Å². The van der Waals surface area contributed by atoms with Crippen LogP contribution in [0.1, 0.15) is 36.7 Å². The summed E-state index contributed by atoms with van der Waals surface area (Å²) >= 11 is 0. The lowest BCUT2D eigenvalue weighted by Gasteiger charge is -2.28. The molecule has 0 bridgehead atoms. The van der Waals surface area contributed by atoms with Crippen molar-refractivity contribution in [3.63, 3.8) is 0 Å². The van der Waals surface area contributed by atoms with Crippen molar-refractivity contribution in [3.8, 4) is 17.6 Å². The summed E-state index contributed by atoms with van der Waals surface area (Å²) in [5.74, 6) is 3.48. The van der Waals surface area contributed by atoms with Crippen LogP contribution in [0.2, 0.25) is 0 Å². The number of hydrogen-bond donors (Lipinski definition) is 4. The second kappa shape index (κ2) is 12.1. The lowest BCUT2D eigenvalue weighted by atomic mass is 9.91. The van der Waals surface area contributed by atoms with Crippen molar-refractivity contribution in [3.05, 3.63) is 52.9 Å². The van der Waals surface area contributed by atoms with E-state index < -0.39 is 67.8 Å². The summed E-state index contributed by atoms with van der Waals surface area (Å²) in [5, 5.41) is 11.5. The zero-order valence-electron chi connectivity index (χ0n) is 24.9. The number of anilines is 1. The van der Waals surface area contributed by atoms with E-state index in [9.17, 15) is 19.3 Å². The number of H-pyrrole nitrogens is 1. The topological polar surface area (TPSA) is 194 Å². The number of nitrogens with zero attached hydrogens (tertiary/aromatic N) is 2. The van der Waals surface area contributed by atoms with Crippen molar-refractivity contribution in [2.24, 2.45) is 11.7 Å². The average molecular weight is 590 g/mol. The molecule has 1 unspecified atom stereocenters. The molecule has 6 atom stereocenters. The number of ether oxygens (including phenoxy) is 2. The van der Waals surface area contributed by atoms with Gasteiger partial charge in [-0.05, 0) is 39.0 Å². The molecule has 1 aliphatic rings. The van der Waals surface area contributed by atoms with Gasteiger partial charge in [0, 0.05) is 6.20 Å². The van der Waals surface area contributed by atoms with Gasteiger partial charge in [-0.25, -0.2) is 4.57 Å². The molecule has 0 saturated carbocycles. The highest BCUT2D eigenvalue weighted by atomic mass is 31.2. The Kier molecular flexibility index (Phi) is 8.09. The molecule has 13 nitrogen and oxygen atoms in total. The maximum absolute atomic E-state index is 14.2. The van der Waals surface area contributed by atoms with Crippen LogP contribution in [0.5, 0.6) is 5.75 Å². The number of aromatic nitrogens is 3. The number of nitrogen functional groups attached to an aromatic ring is 1. The van der Waals surface area contributed by atoms with Gasteiger partial charge in [-0.15, -0.1) is 5.92 Å². The average Bonchev–Trinajstić information content (AvgIpc) is 3.42. The highest BCUT2D eigenvalue weighted by Gasteiger charge is 2.55. The molecule has 0 spiro atoms. The minimum atomic E-state index is -4.51. The predicted molar refractivity (Wildman–Crippen MR) is 151 cm³/mol. The Hall–Kier alpha value is -3.66. The Morgan fingerprint density at radius 1 is 1.34 bits per heavy atom. The van der Waals surface area contributed by atoms with Gasteiger partial charge in [0.2, 0.25) is 5.95 Å². The summed E-state index contributed by atoms with van der Waals surface area (Å²) in [4.78, 5) is 31.5. The van der Waals surface area contributed by atoms with Crippen LogP contribution in [0.3, 0.4) is 0 Å². The molecule has 220 valence electrons. The van der Waals surface area contributed by atoms with Crippen molar-refractivity contribution in [2.75, 3.05) is 18.5 Å². The molecule has 41 heavy (non-hydrogen) atoms. The maximum atomic E-state index is 14.2. The smallest absolute Gasteiger partial charge is 0.380 e. The lowest BCUT2D eigenvalue weighted by molar-refractivity contribution is -0.151. The quantitative estimate of drug-likeness (QED) is 0.154. The minimum absolute atomic E-state index is 0.0453. The molecular formula is C27H34N5O8P. The van der Waals surface area contributed by atoms with Gasteiger partial charge in [0.05, 0.1) is 32.9 Å². The maximum Gasteiger partial charge on any atom is 0.380 e. The number of hydrogen-bond acceptors (Lipinski definition) is 11. The Labute approximate surface area is 239 Å². The van der Waals surface area contributed by atoms with Gasteiger partial charge in [0.1, 0.15) is 18.0 Å². The van der Waals surface area contributed by atoms with E-state index in [0.29, 0.717) is 0 Å². The molecule has 0 aliphatic carbocycles. The first-order chi connectivity index (χ1) is 20.1. The minimum Gasteiger partial charge on any atom is -0.463 e. The van der Waals surface area contributed by atoms with Crippen LogP contribution in [0.4, 0.5) is 5.95 Å². The highest BCUT2D eigenvalue weighted by Crippen LogP contribution is 2.51. The zero-order valence-corrected chi connectivity index (χ0v) is 23.8. The molecule has 1 saturated heterocycles. The Bertz CT molecular complexity index is 1650. The molecule has 0 radical (unpaired) electrons. The molecule has 2 aromatic heterocycles. The SMILES string of the molecule is [2H]C([2H])(O[P@@](=O)(C[C@@H](C)C(=O)OC(C)C)Oc1ccccc1)[C@H]1O[C@@H](n2ccc3c(=O)[nH]c(N)nc32)C(N)(C#CC)[C@H]1O. The van der Waals surface area contributed by atoms with Crippen molar-refractivity contribution in [2.45, 2.75) is 57.8 Å². The van der Waals surface area contributed by atoms with Gasteiger partial charge >= 0.3 is 13.6 Å². The summed E-state index contributed by atoms with van der Waals surface area (Å²) in [6.07, 6.45) is -4.74. The van der Waals surface area contributed by atoms with Crippen LogP contribution in [0, 0.1) is 17.8 Å². The van der Waals surface area contributed by atoms with Crippen LogP contribution in [-0.4, -0.2) is 62.2 Å². The van der Waals surface area contributed by atoms with Crippen LogP contribution < -0.4 is 21.6 Å². The number of aromatic amines is 1. The Morgan fingerprint density at radius 2 is 2.05 bits per heavy atom. The number of fused-ring (bicyclic) bond motifs is 1. The van der Waals surface area contributed by atoms with Crippen LogP contribution in [0.15, 0.2) is 47.4 Å². The van der Waals surface area contributed by atoms with E-state index in [1.54, 1.807) is 32.0 Å². The summed E-state index contributed by atoms with van der Waals surface area (Å²) in [7, 11) is -4.51. The number of esters is 1. The van der Waals surface area contributed by atoms with Gasteiger partial charge in [0.15, 0.2) is 17.4 Å². The van der Waals surface area contributed by atoms with Gasteiger partial charge < -0.3 is 35.1 Å². The van der Waals surface area contributed by atoms with E-state index in [1.165, 1.54) is 42.8 Å². The fourth-order valence-electron chi connectivity index (χ4n) is 4.34. The summed E-state index contributed by atoms with van der Waals surface area (Å²) in [6.45, 7) is 3.20. The first-order valence-corrected chi connectivity index (χ1v) is 14.5. The van der Waals surface area contributed by atoms with Crippen molar-refractivity contribution in [1.82, 2.24) is 14.5 Å². The fraction of sp³-hybridized carbons (Fsp3) is 0.444. The number of rotatable bonds is 10. The van der Waals surface area contributed by atoms with E-state index >= 15 is 0 Å². The first-order valence-electron chi connectivity index (χ1n) is 13.8. The van der Waals surface area contributed by atoms with E-state index in [1.807, 2.05) is 0 Å². The molecule has 1 fully saturated rings. The van der Waals surface area contributed by atoms with Gasteiger partial charge in [-0.1, -0.05) is 31.0 Å². The molecular weight excluding hydrogens is 553 g/mol. The Morgan fingerprint density at radius 3 is 2.71 bits per heavy atom. The second-order valence-corrected chi connectivity index (χ2v) is 11.8. The van der Waals surface area contributed by atoms with Gasteiger partial charge in [0.25, 0.3) is 5.56 Å². The third kappa shape index (κ3) is 6.48. The van der Waals surface area contributed by atoms with Gasteiger partial charge in [-0.3, -0.25) is 19.1 Å². The standard InChI is InChI=1S/C27H34N5O8P/c1-5-12-27(29)21(33)20(39-25(27)32-13-11-19-22(32)30-26(28)31-23(19)34)14-37-41(36,40-18-9-7-6-8-10-18)15-17(4)24(35)38-16(2)3/h6-11,13,16-17,20-21,25,33H,14-15,29H2,1-4H3,(H3,28,30,31,34)/t17-,20-,21+,25-,27?,41+/m1/s1/i14D2. The fourth-order valence-corrected chi connectivity index (χ4v) is 6.05. The number of para-hydroxylation sites is 1. The second-order valence-electron chi connectivity index (χ2n) is 9.87. The predicted octanol–water partition coefficient (Wildman–Crippen LogP) is 2.16. The molecule has 1 aliphatic heterocycles. The van der Waals surface area contributed by atoms with E-state index in [-0.39, 0.29) is 22.7 Å². The number of nitrogens with one attached hydrogen (secondary N) is 1. The van der Waals surface area contributed by atoms with Crippen LogP contribution in [0.25, 0.3) is 11.0 Å². The monoisotopic (exact) mass is 589 g/mol. The number of aliphatic hydroxyl groups excluding tert-OH is 1. The molecule has 1 aromatic carbocycles. The van der Waals surface area contributed by atoms with Gasteiger partial charge in [-0.2, -0.15) is 4.98 Å². The lowest BCUT2D eigenvalue weighted by Crippen LogP contribution is -2.53. The van der Waals surface area contributed by atoms with Crippen LogP contribution in [-0.2, 0) is 23.4 Å². The molecule has 3 aromatic rings. The highest BCUT2D eigenvalue weighted by molar-refractivity contribution is 7.54. The molecule has 3 heterocycles. The number of nitrogens with two attached hydrogens (primary N) is 2. The molecule has 6 N–H and O–H groups in total. The van der Waals surface area contributed by atoms with Crippen molar-refractivity contribution >= 4 is 30.5 Å². The summed E-state index contributed by atoms with van der Waals surface area (Å²) < 4.78 is 55.4. The number of aliphatic hydroxyl groups is 1.